The SMILES string of the molecule is NC(Cc1ncc(-c2ccoc2)[nH]1)c1ccccc1. The largest absolute Gasteiger partial charge is 0.472 e. The van der Waals surface area contributed by atoms with Crippen molar-refractivity contribution < 1.29 is 4.42 Å². The predicted molar refractivity (Wildman–Crippen MR) is 73.4 cm³/mol. The van der Waals surface area contributed by atoms with Crippen molar-refractivity contribution in [2.75, 3.05) is 0 Å². The number of benzene rings is 1. The van der Waals surface area contributed by atoms with Gasteiger partial charge in [0.15, 0.2) is 0 Å². The first kappa shape index (κ1) is 11.7. The summed E-state index contributed by atoms with van der Waals surface area (Å²) < 4.78 is 5.06. The maximum absolute atomic E-state index is 6.18. The van der Waals surface area contributed by atoms with Crippen LogP contribution < -0.4 is 5.73 Å². The van der Waals surface area contributed by atoms with Gasteiger partial charge in [0, 0.05) is 18.0 Å². The summed E-state index contributed by atoms with van der Waals surface area (Å²) in [7, 11) is 0. The van der Waals surface area contributed by atoms with Gasteiger partial charge in [-0.2, -0.15) is 0 Å². The lowest BCUT2D eigenvalue weighted by atomic mass is 10.0. The highest BCUT2D eigenvalue weighted by atomic mass is 16.3. The number of nitrogens with one attached hydrogen (secondary N) is 1. The summed E-state index contributed by atoms with van der Waals surface area (Å²) >= 11 is 0. The number of furan rings is 1. The van der Waals surface area contributed by atoms with E-state index >= 15 is 0 Å². The topological polar surface area (TPSA) is 67.8 Å². The standard InChI is InChI=1S/C15H15N3O/c16-13(11-4-2-1-3-5-11)8-15-17-9-14(18-15)12-6-7-19-10-12/h1-7,9-10,13H,8,16H2,(H,17,18). The molecule has 1 unspecified atom stereocenters. The molecule has 0 saturated carbocycles. The van der Waals surface area contributed by atoms with Crippen molar-refractivity contribution in [1.29, 1.82) is 0 Å². The van der Waals surface area contributed by atoms with Crippen LogP contribution in [0.4, 0.5) is 0 Å². The van der Waals surface area contributed by atoms with Crippen molar-refractivity contribution in [2.45, 2.75) is 12.5 Å². The van der Waals surface area contributed by atoms with Crippen LogP contribution in [0, 0.1) is 0 Å². The lowest BCUT2D eigenvalue weighted by Crippen LogP contribution is -2.13. The zero-order valence-electron chi connectivity index (χ0n) is 10.4. The molecule has 0 spiro atoms. The van der Waals surface area contributed by atoms with E-state index in [4.69, 9.17) is 10.2 Å². The molecule has 0 amide bonds. The maximum atomic E-state index is 6.18. The maximum Gasteiger partial charge on any atom is 0.108 e. The van der Waals surface area contributed by atoms with Crippen molar-refractivity contribution in [3.63, 3.8) is 0 Å². The van der Waals surface area contributed by atoms with Gasteiger partial charge in [-0.05, 0) is 11.6 Å². The molecule has 0 fully saturated rings. The Morgan fingerprint density at radius 1 is 1.21 bits per heavy atom. The molecular weight excluding hydrogens is 238 g/mol. The number of nitrogens with two attached hydrogens (primary N) is 1. The number of hydrogen-bond donors (Lipinski definition) is 2. The fourth-order valence-electron chi connectivity index (χ4n) is 2.06. The summed E-state index contributed by atoms with van der Waals surface area (Å²) in [5, 5.41) is 0. The van der Waals surface area contributed by atoms with Gasteiger partial charge in [-0.25, -0.2) is 4.98 Å². The van der Waals surface area contributed by atoms with Crippen molar-refractivity contribution in [1.82, 2.24) is 9.97 Å². The summed E-state index contributed by atoms with van der Waals surface area (Å²) in [5.74, 6) is 0.882. The van der Waals surface area contributed by atoms with Gasteiger partial charge in [0.05, 0.1) is 24.4 Å². The van der Waals surface area contributed by atoms with Crippen molar-refractivity contribution in [3.05, 3.63) is 66.5 Å². The van der Waals surface area contributed by atoms with Crippen LogP contribution >= 0.6 is 0 Å². The Labute approximate surface area is 111 Å². The van der Waals surface area contributed by atoms with E-state index in [1.165, 1.54) is 0 Å². The van der Waals surface area contributed by atoms with Gasteiger partial charge in [0.25, 0.3) is 0 Å². The van der Waals surface area contributed by atoms with Crippen LogP contribution in [-0.2, 0) is 6.42 Å². The summed E-state index contributed by atoms with van der Waals surface area (Å²) in [6, 6.07) is 11.9. The molecule has 3 aromatic rings. The first-order chi connectivity index (χ1) is 9.33. The van der Waals surface area contributed by atoms with E-state index in [0.29, 0.717) is 6.42 Å². The van der Waals surface area contributed by atoms with Crippen LogP contribution in [0.25, 0.3) is 11.3 Å². The Hall–Kier alpha value is -2.33. The van der Waals surface area contributed by atoms with Crippen LogP contribution in [-0.4, -0.2) is 9.97 Å². The minimum absolute atomic E-state index is 0.0513. The highest BCUT2D eigenvalue weighted by Gasteiger charge is 2.10. The summed E-state index contributed by atoms with van der Waals surface area (Å²) in [6.45, 7) is 0. The lowest BCUT2D eigenvalue weighted by molar-refractivity contribution is 0.568. The second kappa shape index (κ2) is 5.12. The molecule has 0 radical (unpaired) electrons. The molecule has 2 heterocycles. The first-order valence-electron chi connectivity index (χ1n) is 6.20. The zero-order valence-corrected chi connectivity index (χ0v) is 10.4. The third-order valence-corrected chi connectivity index (χ3v) is 3.10. The molecule has 1 aromatic carbocycles. The van der Waals surface area contributed by atoms with E-state index in [1.54, 1.807) is 18.7 Å². The van der Waals surface area contributed by atoms with E-state index in [2.05, 4.69) is 9.97 Å². The van der Waals surface area contributed by atoms with Crippen LogP contribution in [0.2, 0.25) is 0 Å². The number of aromatic nitrogens is 2. The minimum atomic E-state index is -0.0513. The monoisotopic (exact) mass is 253 g/mol. The molecule has 19 heavy (non-hydrogen) atoms. The van der Waals surface area contributed by atoms with Crippen LogP contribution in [0.1, 0.15) is 17.4 Å². The molecule has 0 aliphatic carbocycles. The Kier molecular flexibility index (Phi) is 3.16. The second-order valence-electron chi connectivity index (χ2n) is 4.48. The molecule has 0 bridgehead atoms. The van der Waals surface area contributed by atoms with Crippen LogP contribution in [0.5, 0.6) is 0 Å². The second-order valence-corrected chi connectivity index (χ2v) is 4.48. The van der Waals surface area contributed by atoms with E-state index in [9.17, 15) is 0 Å². The summed E-state index contributed by atoms with van der Waals surface area (Å²) in [6.07, 6.45) is 5.82. The minimum Gasteiger partial charge on any atom is -0.472 e. The van der Waals surface area contributed by atoms with Gasteiger partial charge in [0.2, 0.25) is 0 Å². The summed E-state index contributed by atoms with van der Waals surface area (Å²) in [5.41, 5.74) is 9.23. The molecule has 0 saturated heterocycles. The number of aromatic amines is 1. The third-order valence-electron chi connectivity index (χ3n) is 3.10. The van der Waals surface area contributed by atoms with Gasteiger partial charge in [-0.15, -0.1) is 0 Å². The smallest absolute Gasteiger partial charge is 0.108 e. The number of H-pyrrole nitrogens is 1. The van der Waals surface area contributed by atoms with Crippen LogP contribution in [0.3, 0.4) is 0 Å². The van der Waals surface area contributed by atoms with E-state index < -0.39 is 0 Å². The molecule has 0 aliphatic rings. The number of imidazole rings is 1. The molecule has 3 N–H and O–H groups in total. The van der Waals surface area contributed by atoms with Crippen molar-refractivity contribution >= 4 is 0 Å². The molecule has 3 rings (SSSR count). The Morgan fingerprint density at radius 2 is 2.05 bits per heavy atom. The highest BCUT2D eigenvalue weighted by molar-refractivity contribution is 5.56. The predicted octanol–water partition coefficient (Wildman–Crippen LogP) is 2.91. The summed E-state index contributed by atoms with van der Waals surface area (Å²) in [4.78, 5) is 7.63. The van der Waals surface area contributed by atoms with Gasteiger partial charge in [-0.3, -0.25) is 0 Å². The normalized spacial score (nSPS) is 12.5. The molecule has 2 aromatic heterocycles. The Balaban J connectivity index is 1.74. The Bertz CT molecular complexity index is 628. The quantitative estimate of drug-likeness (QED) is 0.751. The average Bonchev–Trinajstić information content (AvgIpc) is 3.10. The van der Waals surface area contributed by atoms with E-state index in [-0.39, 0.29) is 6.04 Å². The molecule has 4 nitrogen and oxygen atoms in total. The van der Waals surface area contributed by atoms with Gasteiger partial charge in [-0.1, -0.05) is 30.3 Å². The van der Waals surface area contributed by atoms with E-state index in [1.807, 2.05) is 36.4 Å². The molecule has 96 valence electrons. The number of nitrogens with zero attached hydrogens (tertiary/aromatic N) is 1. The van der Waals surface area contributed by atoms with Crippen molar-refractivity contribution in [2.24, 2.45) is 5.73 Å². The molecule has 0 aliphatic heterocycles. The van der Waals surface area contributed by atoms with E-state index in [0.717, 1.165) is 22.6 Å². The fraction of sp³-hybridized carbons (Fsp3) is 0.133. The van der Waals surface area contributed by atoms with Gasteiger partial charge in [0.1, 0.15) is 5.82 Å². The zero-order chi connectivity index (χ0) is 13.1. The highest BCUT2D eigenvalue weighted by Crippen LogP contribution is 2.19. The Morgan fingerprint density at radius 3 is 2.79 bits per heavy atom. The molecular formula is C15H15N3O. The molecule has 4 heteroatoms. The van der Waals surface area contributed by atoms with Gasteiger partial charge >= 0.3 is 0 Å². The van der Waals surface area contributed by atoms with Crippen LogP contribution in [0.15, 0.2) is 59.5 Å². The van der Waals surface area contributed by atoms with Crippen molar-refractivity contribution in [3.8, 4) is 11.3 Å². The van der Waals surface area contributed by atoms with Gasteiger partial charge < -0.3 is 15.1 Å². The molecule has 1 atom stereocenters. The number of rotatable bonds is 4. The lowest BCUT2D eigenvalue weighted by Gasteiger charge is -2.09. The fourth-order valence-corrected chi connectivity index (χ4v) is 2.06. The number of hydrogen-bond acceptors (Lipinski definition) is 3. The third kappa shape index (κ3) is 2.58. The average molecular weight is 253 g/mol. The first-order valence-corrected chi connectivity index (χ1v) is 6.20.